The molecule has 0 spiro atoms. The summed E-state index contributed by atoms with van der Waals surface area (Å²) in [7, 11) is 4.18. The van der Waals surface area contributed by atoms with Crippen LogP contribution in [0.25, 0.3) is 0 Å². The van der Waals surface area contributed by atoms with Crippen LogP contribution < -0.4 is 5.32 Å². The highest BCUT2D eigenvalue weighted by Gasteiger charge is 2.27. The molecule has 2 aromatic rings. The topological polar surface area (TPSA) is 35.6 Å². The predicted octanol–water partition coefficient (Wildman–Crippen LogP) is 3.94. The fourth-order valence-electron chi connectivity index (χ4n) is 3.56. The van der Waals surface area contributed by atoms with E-state index < -0.39 is 0 Å². The molecule has 1 aromatic carbocycles. The standard InChI is InChI=1S/C20H27N3OS/c1-22(2)19(18-10-13-25-15-18)8-11-21-20(24)23-12-9-17(14-23)16-6-4-3-5-7-16/h3-7,10,13,15,17,19H,8-9,11-12,14H2,1-2H3,(H,21,24)/t17-,19?/m1/s1. The van der Waals surface area contributed by atoms with Gasteiger partial charge in [-0.15, -0.1) is 0 Å². The lowest BCUT2D eigenvalue weighted by Crippen LogP contribution is -2.39. The number of likely N-dealkylation sites (tertiary alicyclic amines) is 1. The number of amides is 2. The lowest BCUT2D eigenvalue weighted by atomic mass is 9.99. The molecule has 4 nitrogen and oxygen atoms in total. The maximum Gasteiger partial charge on any atom is 0.317 e. The van der Waals surface area contributed by atoms with E-state index in [0.717, 1.165) is 25.9 Å². The van der Waals surface area contributed by atoms with Crippen LogP contribution >= 0.6 is 11.3 Å². The number of urea groups is 1. The number of thiophene rings is 1. The monoisotopic (exact) mass is 357 g/mol. The van der Waals surface area contributed by atoms with E-state index in [1.165, 1.54) is 11.1 Å². The van der Waals surface area contributed by atoms with E-state index in [1.54, 1.807) is 11.3 Å². The Bertz CT molecular complexity index is 657. The van der Waals surface area contributed by atoms with Gasteiger partial charge >= 0.3 is 6.03 Å². The Hall–Kier alpha value is -1.85. The van der Waals surface area contributed by atoms with Gasteiger partial charge in [0.25, 0.3) is 0 Å². The Morgan fingerprint density at radius 1 is 1.32 bits per heavy atom. The molecular formula is C20H27N3OS. The van der Waals surface area contributed by atoms with Crippen molar-refractivity contribution in [3.8, 4) is 0 Å². The predicted molar refractivity (Wildman–Crippen MR) is 104 cm³/mol. The highest BCUT2D eigenvalue weighted by molar-refractivity contribution is 7.07. The number of benzene rings is 1. The smallest absolute Gasteiger partial charge is 0.317 e. The highest BCUT2D eigenvalue weighted by Crippen LogP contribution is 2.27. The van der Waals surface area contributed by atoms with E-state index in [2.05, 4.69) is 65.4 Å². The van der Waals surface area contributed by atoms with Gasteiger partial charge in [-0.25, -0.2) is 4.79 Å². The maximum atomic E-state index is 12.5. The lowest BCUT2D eigenvalue weighted by molar-refractivity contribution is 0.205. The zero-order chi connectivity index (χ0) is 17.6. The zero-order valence-corrected chi connectivity index (χ0v) is 15.8. The third-order valence-corrected chi connectivity index (χ3v) is 5.69. The molecule has 0 aliphatic carbocycles. The van der Waals surface area contributed by atoms with Crippen molar-refractivity contribution in [3.63, 3.8) is 0 Å². The summed E-state index contributed by atoms with van der Waals surface area (Å²) in [5, 5.41) is 7.41. The van der Waals surface area contributed by atoms with E-state index in [0.29, 0.717) is 18.5 Å². The van der Waals surface area contributed by atoms with Crippen LogP contribution in [0.4, 0.5) is 4.79 Å². The minimum absolute atomic E-state index is 0.0706. The third kappa shape index (κ3) is 4.61. The molecule has 1 fully saturated rings. The van der Waals surface area contributed by atoms with Crippen LogP contribution in [0.2, 0.25) is 0 Å². The molecule has 5 heteroatoms. The summed E-state index contributed by atoms with van der Waals surface area (Å²) < 4.78 is 0. The Balaban J connectivity index is 1.47. The second-order valence-electron chi connectivity index (χ2n) is 6.90. The summed E-state index contributed by atoms with van der Waals surface area (Å²) in [5.41, 5.74) is 2.66. The molecule has 1 aliphatic rings. The lowest BCUT2D eigenvalue weighted by Gasteiger charge is -2.24. The van der Waals surface area contributed by atoms with Gasteiger partial charge in [-0.05, 0) is 54.9 Å². The maximum absolute atomic E-state index is 12.5. The first-order valence-corrected chi connectivity index (χ1v) is 9.85. The zero-order valence-electron chi connectivity index (χ0n) is 15.0. The van der Waals surface area contributed by atoms with Gasteiger partial charge in [0.15, 0.2) is 0 Å². The van der Waals surface area contributed by atoms with Gasteiger partial charge in [-0.1, -0.05) is 30.3 Å². The van der Waals surface area contributed by atoms with Crippen molar-refractivity contribution in [2.24, 2.45) is 0 Å². The molecule has 1 N–H and O–H groups in total. The molecule has 0 saturated carbocycles. The molecule has 0 radical (unpaired) electrons. The quantitative estimate of drug-likeness (QED) is 0.850. The number of nitrogens with one attached hydrogen (secondary N) is 1. The third-order valence-electron chi connectivity index (χ3n) is 4.99. The van der Waals surface area contributed by atoms with Crippen molar-refractivity contribution in [1.82, 2.24) is 15.1 Å². The van der Waals surface area contributed by atoms with E-state index >= 15 is 0 Å². The first-order valence-electron chi connectivity index (χ1n) is 8.91. The normalized spacial score (nSPS) is 18.5. The largest absolute Gasteiger partial charge is 0.338 e. The second kappa shape index (κ2) is 8.50. The molecule has 2 heterocycles. The number of carbonyl (C=O) groups is 1. The minimum Gasteiger partial charge on any atom is -0.338 e. The van der Waals surface area contributed by atoms with E-state index in [1.807, 2.05) is 11.0 Å². The van der Waals surface area contributed by atoms with Crippen LogP contribution in [0.15, 0.2) is 47.2 Å². The molecule has 1 aliphatic heterocycles. The molecule has 0 bridgehead atoms. The van der Waals surface area contributed by atoms with Crippen molar-refractivity contribution in [1.29, 1.82) is 0 Å². The first kappa shape index (κ1) is 18.0. The Morgan fingerprint density at radius 3 is 2.80 bits per heavy atom. The number of hydrogen-bond donors (Lipinski definition) is 1. The number of rotatable bonds is 6. The molecule has 2 atom stereocenters. The van der Waals surface area contributed by atoms with Gasteiger partial charge < -0.3 is 15.1 Å². The van der Waals surface area contributed by atoms with Crippen LogP contribution in [0, 0.1) is 0 Å². The minimum atomic E-state index is 0.0706. The molecule has 3 rings (SSSR count). The fourth-order valence-corrected chi connectivity index (χ4v) is 4.26. The van der Waals surface area contributed by atoms with Crippen LogP contribution in [0.5, 0.6) is 0 Å². The molecule has 134 valence electrons. The molecule has 25 heavy (non-hydrogen) atoms. The summed E-state index contributed by atoms with van der Waals surface area (Å²) >= 11 is 1.72. The molecular weight excluding hydrogens is 330 g/mol. The van der Waals surface area contributed by atoms with Crippen molar-refractivity contribution in [2.75, 3.05) is 33.7 Å². The second-order valence-corrected chi connectivity index (χ2v) is 7.68. The van der Waals surface area contributed by atoms with Gasteiger partial charge in [0.1, 0.15) is 0 Å². The number of hydrogen-bond acceptors (Lipinski definition) is 3. The average molecular weight is 358 g/mol. The van der Waals surface area contributed by atoms with Gasteiger partial charge in [-0.2, -0.15) is 11.3 Å². The van der Waals surface area contributed by atoms with Crippen molar-refractivity contribution < 1.29 is 4.79 Å². The van der Waals surface area contributed by atoms with Crippen molar-refractivity contribution in [2.45, 2.75) is 24.8 Å². The van der Waals surface area contributed by atoms with Crippen LogP contribution in [-0.4, -0.2) is 49.6 Å². The SMILES string of the molecule is CN(C)C(CCNC(=O)N1CC[C@@H](c2ccccc2)C1)c1ccsc1. The van der Waals surface area contributed by atoms with Crippen LogP contribution in [0.3, 0.4) is 0 Å². The first-order chi connectivity index (χ1) is 12.1. The van der Waals surface area contributed by atoms with Crippen LogP contribution in [0.1, 0.15) is 35.9 Å². The van der Waals surface area contributed by atoms with Crippen molar-refractivity contribution in [3.05, 3.63) is 58.3 Å². The number of carbonyl (C=O) groups excluding carboxylic acids is 1. The summed E-state index contributed by atoms with van der Waals surface area (Å²) in [6, 6.07) is 13.1. The van der Waals surface area contributed by atoms with E-state index in [-0.39, 0.29) is 6.03 Å². The molecule has 2 amide bonds. The van der Waals surface area contributed by atoms with Crippen LogP contribution in [-0.2, 0) is 0 Å². The fraction of sp³-hybridized carbons (Fsp3) is 0.450. The summed E-state index contributed by atoms with van der Waals surface area (Å²) in [4.78, 5) is 16.6. The van der Waals surface area contributed by atoms with Gasteiger partial charge in [0.05, 0.1) is 0 Å². The molecule has 1 saturated heterocycles. The number of nitrogens with zero attached hydrogens (tertiary/aromatic N) is 2. The van der Waals surface area contributed by atoms with E-state index in [9.17, 15) is 4.79 Å². The average Bonchev–Trinajstić information content (AvgIpc) is 3.30. The Labute approximate surface area is 154 Å². The van der Waals surface area contributed by atoms with Gasteiger partial charge in [0, 0.05) is 31.6 Å². The van der Waals surface area contributed by atoms with Crippen molar-refractivity contribution >= 4 is 17.4 Å². The highest BCUT2D eigenvalue weighted by atomic mass is 32.1. The van der Waals surface area contributed by atoms with Gasteiger partial charge in [0.2, 0.25) is 0 Å². The summed E-state index contributed by atoms with van der Waals surface area (Å²) in [5.74, 6) is 0.465. The Morgan fingerprint density at radius 2 is 2.12 bits per heavy atom. The Kier molecular flexibility index (Phi) is 6.10. The summed E-state index contributed by atoms with van der Waals surface area (Å²) in [6.45, 7) is 2.36. The van der Waals surface area contributed by atoms with Gasteiger partial charge in [-0.3, -0.25) is 0 Å². The van der Waals surface area contributed by atoms with E-state index in [4.69, 9.17) is 0 Å². The summed E-state index contributed by atoms with van der Waals surface area (Å²) in [6.07, 6.45) is 1.97. The molecule has 1 aromatic heterocycles. The molecule has 1 unspecified atom stereocenters.